The van der Waals surface area contributed by atoms with Gasteiger partial charge in [0.15, 0.2) is 0 Å². The molecule has 0 N–H and O–H groups in total. The van der Waals surface area contributed by atoms with E-state index in [-0.39, 0.29) is 0 Å². The number of rotatable bonds is 16. The molecule has 0 aliphatic heterocycles. The summed E-state index contributed by atoms with van der Waals surface area (Å²) in [6.45, 7) is 2.30. The lowest BCUT2D eigenvalue weighted by atomic mass is 9.96. The summed E-state index contributed by atoms with van der Waals surface area (Å²) < 4.78 is 0. The molecule has 2 atom stereocenters. The van der Waals surface area contributed by atoms with Crippen molar-refractivity contribution < 1.29 is 0 Å². The number of allylic oxidation sites excluding steroid dienone is 4. The van der Waals surface area contributed by atoms with E-state index in [2.05, 4.69) is 25.2 Å². The average molecular weight is 331 g/mol. The van der Waals surface area contributed by atoms with Crippen molar-refractivity contribution >= 4 is 0 Å². The zero-order valence-corrected chi connectivity index (χ0v) is 16.4. The molecular weight excluding hydrogens is 288 g/mol. The molecule has 0 heteroatoms. The van der Waals surface area contributed by atoms with Crippen molar-refractivity contribution in [3.05, 3.63) is 23.8 Å². The standard InChI is InChI=1S/C24H42/c1-2-3-4-5-6-7-8-9-10-11-12-13-14-15-16-17-23-20-22-18-19-24(23)21-22/h18-20,22,24H,2-17,21H2,1H3. The molecule has 0 saturated heterocycles. The monoisotopic (exact) mass is 330 g/mol. The molecule has 2 aliphatic carbocycles. The molecule has 0 saturated carbocycles. The summed E-state index contributed by atoms with van der Waals surface area (Å²) in [5, 5.41) is 0. The molecule has 0 aromatic heterocycles. The van der Waals surface area contributed by atoms with Crippen molar-refractivity contribution in [2.24, 2.45) is 11.8 Å². The summed E-state index contributed by atoms with van der Waals surface area (Å²) in [4.78, 5) is 0. The van der Waals surface area contributed by atoms with E-state index < -0.39 is 0 Å². The van der Waals surface area contributed by atoms with Gasteiger partial charge in [0, 0.05) is 0 Å². The Labute approximate surface area is 152 Å². The fourth-order valence-electron chi connectivity index (χ4n) is 4.49. The molecule has 0 heterocycles. The molecule has 24 heavy (non-hydrogen) atoms. The third-order valence-corrected chi connectivity index (χ3v) is 6.09. The van der Waals surface area contributed by atoms with Crippen LogP contribution in [0.5, 0.6) is 0 Å². The van der Waals surface area contributed by atoms with Gasteiger partial charge in [0.25, 0.3) is 0 Å². The Morgan fingerprint density at radius 2 is 1.17 bits per heavy atom. The first-order chi connectivity index (χ1) is 11.9. The topological polar surface area (TPSA) is 0 Å². The van der Waals surface area contributed by atoms with E-state index in [1.54, 1.807) is 5.57 Å². The molecule has 0 aromatic rings. The van der Waals surface area contributed by atoms with Crippen molar-refractivity contribution in [3.8, 4) is 0 Å². The molecule has 0 aromatic carbocycles. The molecule has 0 radical (unpaired) electrons. The lowest BCUT2D eigenvalue weighted by Crippen LogP contribution is -1.93. The fourth-order valence-corrected chi connectivity index (χ4v) is 4.49. The van der Waals surface area contributed by atoms with E-state index >= 15 is 0 Å². The summed E-state index contributed by atoms with van der Waals surface area (Å²) in [6, 6.07) is 0. The first kappa shape index (κ1) is 19.8. The molecule has 138 valence electrons. The van der Waals surface area contributed by atoms with Gasteiger partial charge in [-0.2, -0.15) is 0 Å². The Hall–Kier alpha value is -0.520. The molecule has 0 amide bonds. The van der Waals surface area contributed by atoms with Gasteiger partial charge in [-0.15, -0.1) is 0 Å². The minimum Gasteiger partial charge on any atom is -0.0810 e. The van der Waals surface area contributed by atoms with Crippen LogP contribution in [0, 0.1) is 11.8 Å². The van der Waals surface area contributed by atoms with Gasteiger partial charge in [-0.05, 0) is 31.1 Å². The fraction of sp³-hybridized carbons (Fsp3) is 0.833. The van der Waals surface area contributed by atoms with Crippen LogP contribution in [0.25, 0.3) is 0 Å². The summed E-state index contributed by atoms with van der Waals surface area (Å²) in [6.07, 6.45) is 32.1. The van der Waals surface area contributed by atoms with E-state index in [0.29, 0.717) is 0 Å². The third-order valence-electron chi connectivity index (χ3n) is 6.09. The Kier molecular flexibility index (Phi) is 10.5. The molecule has 0 spiro atoms. The van der Waals surface area contributed by atoms with E-state index in [0.717, 1.165) is 11.8 Å². The second-order valence-electron chi connectivity index (χ2n) is 8.33. The quantitative estimate of drug-likeness (QED) is 0.197. The summed E-state index contributed by atoms with van der Waals surface area (Å²) >= 11 is 0. The maximum Gasteiger partial charge on any atom is -0.00143 e. The van der Waals surface area contributed by atoms with Crippen LogP contribution in [0.1, 0.15) is 116 Å². The zero-order valence-electron chi connectivity index (χ0n) is 16.4. The van der Waals surface area contributed by atoms with Crippen molar-refractivity contribution in [3.63, 3.8) is 0 Å². The maximum absolute atomic E-state index is 2.55. The van der Waals surface area contributed by atoms with Crippen LogP contribution >= 0.6 is 0 Å². The normalized spacial score (nSPS) is 21.6. The second-order valence-corrected chi connectivity index (χ2v) is 8.33. The van der Waals surface area contributed by atoms with E-state index in [1.165, 1.54) is 109 Å². The van der Waals surface area contributed by atoms with Gasteiger partial charge >= 0.3 is 0 Å². The van der Waals surface area contributed by atoms with Gasteiger partial charge < -0.3 is 0 Å². The molecule has 2 bridgehead atoms. The Morgan fingerprint density at radius 3 is 1.58 bits per heavy atom. The Bertz CT molecular complexity index is 362. The number of fused-ring (bicyclic) bond motifs is 2. The van der Waals surface area contributed by atoms with Gasteiger partial charge in [-0.1, -0.05) is 121 Å². The SMILES string of the molecule is CCCCCCCCCCCCCCCCCC1=CC2C=CC1C2. The Morgan fingerprint density at radius 1 is 0.667 bits per heavy atom. The molecule has 2 rings (SSSR count). The predicted molar refractivity (Wildman–Crippen MR) is 108 cm³/mol. The lowest BCUT2D eigenvalue weighted by molar-refractivity contribution is 0.531. The van der Waals surface area contributed by atoms with Crippen molar-refractivity contribution in [1.29, 1.82) is 0 Å². The number of hydrogen-bond donors (Lipinski definition) is 0. The van der Waals surface area contributed by atoms with Gasteiger partial charge in [-0.3, -0.25) is 0 Å². The highest BCUT2D eigenvalue weighted by atomic mass is 14.3. The molecule has 0 nitrogen and oxygen atoms in total. The van der Waals surface area contributed by atoms with Crippen molar-refractivity contribution in [2.45, 2.75) is 116 Å². The van der Waals surface area contributed by atoms with Crippen molar-refractivity contribution in [2.75, 3.05) is 0 Å². The second kappa shape index (κ2) is 12.8. The zero-order chi connectivity index (χ0) is 16.9. The summed E-state index contributed by atoms with van der Waals surface area (Å²) in [5.41, 5.74) is 1.76. The average Bonchev–Trinajstić information content (AvgIpc) is 3.21. The molecular formula is C24H42. The van der Waals surface area contributed by atoms with Crippen LogP contribution in [0.4, 0.5) is 0 Å². The molecule has 2 aliphatic rings. The minimum absolute atomic E-state index is 0.807. The molecule has 0 fully saturated rings. The van der Waals surface area contributed by atoms with Crippen LogP contribution in [-0.2, 0) is 0 Å². The van der Waals surface area contributed by atoms with Crippen LogP contribution in [0.15, 0.2) is 23.8 Å². The highest BCUT2D eigenvalue weighted by molar-refractivity contribution is 5.29. The van der Waals surface area contributed by atoms with Gasteiger partial charge in [0.2, 0.25) is 0 Å². The minimum atomic E-state index is 0.807. The number of unbranched alkanes of at least 4 members (excludes halogenated alkanes) is 14. The predicted octanol–water partition coefficient (Wildman–Crippen LogP) is 8.38. The van der Waals surface area contributed by atoms with Crippen molar-refractivity contribution in [1.82, 2.24) is 0 Å². The first-order valence-electron chi connectivity index (χ1n) is 11.3. The summed E-state index contributed by atoms with van der Waals surface area (Å²) in [7, 11) is 0. The van der Waals surface area contributed by atoms with Crippen LogP contribution in [0.3, 0.4) is 0 Å². The lowest BCUT2D eigenvalue weighted by Gasteiger charge is -2.09. The van der Waals surface area contributed by atoms with Crippen LogP contribution in [0.2, 0.25) is 0 Å². The summed E-state index contributed by atoms with van der Waals surface area (Å²) in [5.74, 6) is 1.64. The van der Waals surface area contributed by atoms with E-state index in [1.807, 2.05) is 0 Å². The third kappa shape index (κ3) is 8.04. The highest BCUT2D eigenvalue weighted by Gasteiger charge is 2.26. The van der Waals surface area contributed by atoms with E-state index in [4.69, 9.17) is 0 Å². The number of hydrogen-bond acceptors (Lipinski definition) is 0. The first-order valence-corrected chi connectivity index (χ1v) is 11.3. The molecule has 2 unspecified atom stereocenters. The smallest absolute Gasteiger partial charge is 0.00143 e. The Balaban J connectivity index is 1.25. The van der Waals surface area contributed by atoms with Crippen LogP contribution < -0.4 is 0 Å². The van der Waals surface area contributed by atoms with Gasteiger partial charge in [0.1, 0.15) is 0 Å². The van der Waals surface area contributed by atoms with Gasteiger partial charge in [-0.25, -0.2) is 0 Å². The van der Waals surface area contributed by atoms with E-state index in [9.17, 15) is 0 Å². The largest absolute Gasteiger partial charge is 0.0810 e. The maximum atomic E-state index is 2.55. The van der Waals surface area contributed by atoms with Crippen LogP contribution in [-0.4, -0.2) is 0 Å². The van der Waals surface area contributed by atoms with Gasteiger partial charge in [0.05, 0.1) is 0 Å². The highest BCUT2D eigenvalue weighted by Crippen LogP contribution is 2.40.